The summed E-state index contributed by atoms with van der Waals surface area (Å²) in [5.74, 6) is 2.18. The lowest BCUT2D eigenvalue weighted by Gasteiger charge is -2.21. The standard InChI is InChI=1S/C24H21ClN4O2/c1-3-23(31)27-21-5-4-6-22(21)29-24-26-13-17-11-16(8-10-20(17)28-24)18-12-15(14(2)30)7-9-19(18)25/h1,7-13,21-22H,4-6H2,2H3,(H,27,31)(H,26,28,29)/t21-,22+/m0/s1. The third-order valence-corrected chi connectivity index (χ3v) is 5.87. The van der Waals surface area contributed by atoms with E-state index in [4.69, 9.17) is 18.0 Å². The normalized spacial score (nSPS) is 17.8. The van der Waals surface area contributed by atoms with Crippen LogP contribution in [0.1, 0.15) is 36.5 Å². The van der Waals surface area contributed by atoms with Gasteiger partial charge >= 0.3 is 0 Å². The number of aromatic nitrogens is 2. The van der Waals surface area contributed by atoms with Crippen LogP contribution in [0.4, 0.5) is 5.95 Å². The van der Waals surface area contributed by atoms with Crippen LogP contribution in [0.3, 0.4) is 0 Å². The predicted octanol–water partition coefficient (Wildman–Crippen LogP) is 4.24. The molecular formula is C24H21ClN4O2. The molecule has 156 valence electrons. The molecule has 1 aliphatic rings. The smallest absolute Gasteiger partial charge is 0.295 e. The van der Waals surface area contributed by atoms with Crippen LogP contribution in [0, 0.1) is 12.3 Å². The Hall–Kier alpha value is -3.43. The fourth-order valence-electron chi connectivity index (χ4n) is 3.92. The van der Waals surface area contributed by atoms with Crippen molar-refractivity contribution in [1.82, 2.24) is 15.3 Å². The zero-order valence-corrected chi connectivity index (χ0v) is 17.7. The van der Waals surface area contributed by atoms with E-state index in [9.17, 15) is 9.59 Å². The molecule has 0 unspecified atom stereocenters. The maximum Gasteiger partial charge on any atom is 0.295 e. The molecule has 6 nitrogen and oxygen atoms in total. The second-order valence-electron chi connectivity index (χ2n) is 7.62. The summed E-state index contributed by atoms with van der Waals surface area (Å²) < 4.78 is 0. The van der Waals surface area contributed by atoms with Gasteiger partial charge in [0.1, 0.15) is 0 Å². The Balaban J connectivity index is 1.58. The SMILES string of the molecule is C#CC(=O)N[C@H]1CCC[C@H]1Nc1ncc2cc(-c3cc(C(C)=O)ccc3Cl)ccc2n1. The van der Waals surface area contributed by atoms with E-state index in [1.54, 1.807) is 24.4 Å². The Morgan fingerprint density at radius 2 is 1.97 bits per heavy atom. The highest BCUT2D eigenvalue weighted by Gasteiger charge is 2.28. The lowest BCUT2D eigenvalue weighted by molar-refractivity contribution is -0.116. The van der Waals surface area contributed by atoms with Crippen LogP contribution in [0.15, 0.2) is 42.6 Å². The van der Waals surface area contributed by atoms with Crippen LogP contribution in [0.5, 0.6) is 0 Å². The number of ketones is 1. The van der Waals surface area contributed by atoms with Crippen LogP contribution in [-0.2, 0) is 4.79 Å². The van der Waals surface area contributed by atoms with Gasteiger partial charge in [0, 0.05) is 39.8 Å². The highest BCUT2D eigenvalue weighted by atomic mass is 35.5. The van der Waals surface area contributed by atoms with E-state index in [0.29, 0.717) is 16.5 Å². The predicted molar refractivity (Wildman–Crippen MR) is 122 cm³/mol. The van der Waals surface area contributed by atoms with Crippen LogP contribution >= 0.6 is 11.6 Å². The van der Waals surface area contributed by atoms with Crippen LogP contribution in [0.2, 0.25) is 5.02 Å². The fraction of sp³-hybridized carbons (Fsp3) is 0.250. The lowest BCUT2D eigenvalue weighted by atomic mass is 10.0. The maximum absolute atomic E-state index is 11.7. The molecule has 1 saturated carbocycles. The van der Waals surface area contributed by atoms with Crippen LogP contribution < -0.4 is 10.6 Å². The van der Waals surface area contributed by atoms with Crippen molar-refractivity contribution in [3.63, 3.8) is 0 Å². The minimum atomic E-state index is -0.404. The summed E-state index contributed by atoms with van der Waals surface area (Å²) in [6.07, 6.45) is 9.67. The topological polar surface area (TPSA) is 84.0 Å². The van der Waals surface area contributed by atoms with E-state index in [2.05, 4.69) is 26.5 Å². The molecule has 0 radical (unpaired) electrons. The third kappa shape index (κ3) is 4.52. The van der Waals surface area contributed by atoms with Gasteiger partial charge in [0.05, 0.1) is 5.52 Å². The number of carbonyl (C=O) groups is 2. The number of anilines is 1. The van der Waals surface area contributed by atoms with Crippen LogP contribution in [-0.4, -0.2) is 33.7 Å². The number of benzene rings is 2. The van der Waals surface area contributed by atoms with Crippen molar-refractivity contribution in [2.24, 2.45) is 0 Å². The van der Waals surface area contributed by atoms with Gasteiger partial charge in [0.25, 0.3) is 5.91 Å². The number of hydrogen-bond donors (Lipinski definition) is 2. The van der Waals surface area contributed by atoms with Crippen molar-refractivity contribution in [3.05, 3.63) is 53.2 Å². The molecule has 3 aromatic rings. The van der Waals surface area contributed by atoms with Crippen molar-refractivity contribution in [3.8, 4) is 23.5 Å². The molecular weight excluding hydrogens is 412 g/mol. The number of rotatable bonds is 5. The van der Waals surface area contributed by atoms with Gasteiger partial charge in [-0.25, -0.2) is 9.97 Å². The van der Waals surface area contributed by atoms with Gasteiger partial charge in [0.2, 0.25) is 5.95 Å². The quantitative estimate of drug-likeness (QED) is 0.465. The van der Waals surface area contributed by atoms with Crippen molar-refractivity contribution in [1.29, 1.82) is 0 Å². The Labute approximate surface area is 185 Å². The van der Waals surface area contributed by atoms with E-state index in [0.717, 1.165) is 41.3 Å². The van der Waals surface area contributed by atoms with Gasteiger partial charge in [-0.3, -0.25) is 9.59 Å². The molecule has 31 heavy (non-hydrogen) atoms. The number of halogens is 1. The Kier molecular flexibility index (Phi) is 5.88. The summed E-state index contributed by atoms with van der Waals surface area (Å²) in [7, 11) is 0. The number of Topliss-reactive ketones (excluding diaryl/α,β-unsaturated/α-hetero) is 1. The van der Waals surface area contributed by atoms with Gasteiger partial charge in [-0.2, -0.15) is 0 Å². The van der Waals surface area contributed by atoms with Crippen molar-refractivity contribution >= 4 is 40.1 Å². The molecule has 2 aromatic carbocycles. The molecule has 2 N–H and O–H groups in total. The lowest BCUT2D eigenvalue weighted by Crippen LogP contribution is -2.43. The summed E-state index contributed by atoms with van der Waals surface area (Å²) in [4.78, 5) is 32.3. The van der Waals surface area contributed by atoms with E-state index >= 15 is 0 Å². The van der Waals surface area contributed by atoms with Gasteiger partial charge in [0.15, 0.2) is 5.78 Å². The molecule has 1 aliphatic carbocycles. The molecule has 2 atom stereocenters. The molecule has 1 amide bonds. The summed E-state index contributed by atoms with van der Waals surface area (Å²) >= 11 is 6.37. The minimum Gasteiger partial charge on any atom is -0.349 e. The molecule has 4 rings (SSSR count). The molecule has 7 heteroatoms. The Morgan fingerprint density at radius 3 is 2.74 bits per heavy atom. The second kappa shape index (κ2) is 8.75. The number of amides is 1. The highest BCUT2D eigenvalue weighted by molar-refractivity contribution is 6.33. The molecule has 0 aliphatic heterocycles. The number of nitrogens with one attached hydrogen (secondary N) is 2. The van der Waals surface area contributed by atoms with E-state index in [1.165, 1.54) is 6.92 Å². The highest BCUT2D eigenvalue weighted by Crippen LogP contribution is 2.31. The molecule has 1 heterocycles. The summed E-state index contributed by atoms with van der Waals surface area (Å²) in [6, 6.07) is 11.0. The third-order valence-electron chi connectivity index (χ3n) is 5.54. The first-order valence-corrected chi connectivity index (χ1v) is 10.4. The zero-order valence-electron chi connectivity index (χ0n) is 17.0. The van der Waals surface area contributed by atoms with Crippen LogP contribution in [0.25, 0.3) is 22.0 Å². The fourth-order valence-corrected chi connectivity index (χ4v) is 4.14. The van der Waals surface area contributed by atoms with Crippen molar-refractivity contribution in [2.75, 3.05) is 5.32 Å². The zero-order chi connectivity index (χ0) is 22.0. The van der Waals surface area contributed by atoms with Crippen molar-refractivity contribution < 1.29 is 9.59 Å². The minimum absolute atomic E-state index is 0.0126. The number of nitrogens with zero attached hydrogens (tertiary/aromatic N) is 2. The van der Waals surface area contributed by atoms with E-state index < -0.39 is 5.91 Å². The number of fused-ring (bicyclic) bond motifs is 1. The second-order valence-corrected chi connectivity index (χ2v) is 8.03. The first-order valence-electron chi connectivity index (χ1n) is 10.1. The molecule has 0 bridgehead atoms. The molecule has 1 aromatic heterocycles. The maximum atomic E-state index is 11.7. The first kappa shape index (κ1) is 20.8. The summed E-state index contributed by atoms with van der Waals surface area (Å²) in [5.41, 5.74) is 3.06. The van der Waals surface area contributed by atoms with E-state index in [1.807, 2.05) is 18.2 Å². The monoisotopic (exact) mass is 432 g/mol. The van der Waals surface area contributed by atoms with Gasteiger partial charge in [-0.1, -0.05) is 17.7 Å². The van der Waals surface area contributed by atoms with E-state index in [-0.39, 0.29) is 17.9 Å². The summed E-state index contributed by atoms with van der Waals surface area (Å²) in [5, 5.41) is 7.60. The average molecular weight is 433 g/mol. The Morgan fingerprint density at radius 1 is 1.16 bits per heavy atom. The number of hydrogen-bond acceptors (Lipinski definition) is 5. The van der Waals surface area contributed by atoms with Gasteiger partial charge in [-0.15, -0.1) is 6.42 Å². The molecule has 0 saturated heterocycles. The molecule has 0 spiro atoms. The first-order chi connectivity index (χ1) is 14.9. The largest absolute Gasteiger partial charge is 0.349 e. The molecule has 1 fully saturated rings. The average Bonchev–Trinajstić information content (AvgIpc) is 3.19. The Bertz CT molecular complexity index is 1220. The number of carbonyl (C=O) groups excluding carboxylic acids is 2. The van der Waals surface area contributed by atoms with Gasteiger partial charge in [-0.05, 0) is 68.0 Å². The summed E-state index contributed by atoms with van der Waals surface area (Å²) in [6.45, 7) is 1.53. The van der Waals surface area contributed by atoms with Gasteiger partial charge < -0.3 is 10.6 Å². The number of terminal acetylenes is 1. The van der Waals surface area contributed by atoms with Crippen molar-refractivity contribution in [2.45, 2.75) is 38.3 Å².